The summed E-state index contributed by atoms with van der Waals surface area (Å²) in [5.41, 5.74) is 0.814. The number of pyridine rings is 1. The normalized spacial score (nSPS) is 10.7. The minimum Gasteiger partial charge on any atom is -0.495 e. The van der Waals surface area contributed by atoms with E-state index in [1.165, 1.54) is 19.2 Å². The number of anilines is 2. The second kappa shape index (κ2) is 7.13. The van der Waals surface area contributed by atoms with Crippen molar-refractivity contribution in [1.82, 2.24) is 4.98 Å². The van der Waals surface area contributed by atoms with E-state index in [4.69, 9.17) is 16.3 Å². The lowest BCUT2D eigenvalue weighted by Crippen LogP contribution is -2.20. The van der Waals surface area contributed by atoms with Gasteiger partial charge in [0.05, 0.1) is 23.2 Å². The fourth-order valence-corrected chi connectivity index (χ4v) is 2.78. The summed E-state index contributed by atoms with van der Waals surface area (Å²) in [4.78, 5) is 16.3. The Bertz CT molecular complexity index is 1010. The number of halogens is 3. The zero-order valence-electron chi connectivity index (χ0n) is 13.9. The molecule has 26 heavy (non-hydrogen) atoms. The summed E-state index contributed by atoms with van der Waals surface area (Å²) in [6, 6.07) is 7.51. The number of aromatic nitrogens is 1. The predicted octanol–water partition coefficient (Wildman–Crippen LogP) is 5.13. The Labute approximate surface area is 152 Å². The molecule has 2 aromatic carbocycles. The van der Waals surface area contributed by atoms with Crippen LogP contribution in [0.2, 0.25) is 5.02 Å². The minimum atomic E-state index is -0.684. The van der Waals surface area contributed by atoms with Crippen LogP contribution in [-0.4, -0.2) is 18.1 Å². The second-order valence-electron chi connectivity index (χ2n) is 5.49. The first-order valence-corrected chi connectivity index (χ1v) is 7.93. The first kappa shape index (κ1) is 17.9. The number of fused-ring (bicyclic) bond motifs is 1. The highest BCUT2D eigenvalue weighted by molar-refractivity contribution is 6.32. The Balaban J connectivity index is 1.90. The average molecular weight is 378 g/mol. The van der Waals surface area contributed by atoms with Crippen LogP contribution in [0.25, 0.3) is 10.9 Å². The second-order valence-corrected chi connectivity index (χ2v) is 5.90. The SMILES string of the molecule is COc1ccc(NC(=O)Nc2cc(C)nc3c(F)ccc(F)c23)cc1Cl. The van der Waals surface area contributed by atoms with Gasteiger partial charge in [0.2, 0.25) is 0 Å². The van der Waals surface area contributed by atoms with Gasteiger partial charge in [0.25, 0.3) is 0 Å². The van der Waals surface area contributed by atoms with Crippen LogP contribution < -0.4 is 15.4 Å². The fraction of sp³-hybridized carbons (Fsp3) is 0.111. The quantitative estimate of drug-likeness (QED) is 0.665. The molecular formula is C18H14ClF2N3O2. The molecule has 5 nitrogen and oxygen atoms in total. The Morgan fingerprint density at radius 1 is 1.12 bits per heavy atom. The molecule has 0 unspecified atom stereocenters. The number of nitrogens with one attached hydrogen (secondary N) is 2. The molecular weight excluding hydrogens is 364 g/mol. The summed E-state index contributed by atoms with van der Waals surface area (Å²) in [6.45, 7) is 1.62. The predicted molar refractivity (Wildman–Crippen MR) is 97.0 cm³/mol. The van der Waals surface area contributed by atoms with Gasteiger partial charge in [-0.05, 0) is 43.3 Å². The van der Waals surface area contributed by atoms with Gasteiger partial charge in [0, 0.05) is 11.4 Å². The number of hydrogen-bond acceptors (Lipinski definition) is 3. The number of urea groups is 1. The summed E-state index contributed by atoms with van der Waals surface area (Å²) < 4.78 is 33.1. The molecule has 0 bridgehead atoms. The molecule has 1 aromatic heterocycles. The van der Waals surface area contributed by atoms with E-state index in [0.717, 1.165) is 12.1 Å². The fourth-order valence-electron chi connectivity index (χ4n) is 2.52. The highest BCUT2D eigenvalue weighted by atomic mass is 35.5. The molecule has 0 saturated heterocycles. The Morgan fingerprint density at radius 2 is 1.85 bits per heavy atom. The maximum absolute atomic E-state index is 14.2. The monoisotopic (exact) mass is 377 g/mol. The summed E-state index contributed by atoms with van der Waals surface area (Å²) in [5, 5.41) is 5.32. The summed E-state index contributed by atoms with van der Waals surface area (Å²) in [7, 11) is 1.48. The molecule has 0 aliphatic carbocycles. The van der Waals surface area contributed by atoms with E-state index in [9.17, 15) is 13.6 Å². The van der Waals surface area contributed by atoms with Gasteiger partial charge in [0.1, 0.15) is 22.9 Å². The number of hydrogen-bond donors (Lipinski definition) is 2. The van der Waals surface area contributed by atoms with Gasteiger partial charge in [-0.2, -0.15) is 0 Å². The number of aryl methyl sites for hydroxylation is 1. The lowest BCUT2D eigenvalue weighted by atomic mass is 10.1. The van der Waals surface area contributed by atoms with Crippen molar-refractivity contribution in [3.05, 3.63) is 58.7 Å². The van der Waals surface area contributed by atoms with Crippen LogP contribution >= 0.6 is 11.6 Å². The first-order valence-electron chi connectivity index (χ1n) is 7.56. The van der Waals surface area contributed by atoms with Gasteiger partial charge >= 0.3 is 6.03 Å². The molecule has 0 fully saturated rings. The summed E-state index contributed by atoms with van der Waals surface area (Å²) in [6.07, 6.45) is 0. The highest BCUT2D eigenvalue weighted by Gasteiger charge is 2.15. The van der Waals surface area contributed by atoms with Crippen molar-refractivity contribution >= 4 is 39.9 Å². The van der Waals surface area contributed by atoms with E-state index in [2.05, 4.69) is 15.6 Å². The van der Waals surface area contributed by atoms with Crippen molar-refractivity contribution in [3.8, 4) is 5.75 Å². The van der Waals surface area contributed by atoms with E-state index < -0.39 is 17.7 Å². The van der Waals surface area contributed by atoms with E-state index in [0.29, 0.717) is 22.2 Å². The third-order valence-corrected chi connectivity index (χ3v) is 3.94. The third kappa shape index (κ3) is 3.52. The molecule has 0 aliphatic heterocycles. The van der Waals surface area contributed by atoms with Crippen LogP contribution in [0.5, 0.6) is 5.75 Å². The largest absolute Gasteiger partial charge is 0.495 e. The lowest BCUT2D eigenvalue weighted by Gasteiger charge is -2.12. The van der Waals surface area contributed by atoms with Crippen LogP contribution in [0.15, 0.2) is 36.4 Å². The molecule has 134 valence electrons. The van der Waals surface area contributed by atoms with Gasteiger partial charge in [-0.15, -0.1) is 0 Å². The zero-order valence-corrected chi connectivity index (χ0v) is 14.6. The number of methoxy groups -OCH3 is 1. The Hall–Kier alpha value is -2.93. The van der Waals surface area contributed by atoms with Crippen LogP contribution in [0.3, 0.4) is 0 Å². The topological polar surface area (TPSA) is 63.2 Å². The standard InChI is InChI=1S/C18H14ClF2N3O2/c1-9-7-14(16-12(20)4-5-13(21)17(16)22-9)24-18(25)23-10-3-6-15(26-2)11(19)8-10/h3-8H,1-2H3,(H2,22,23,24,25). The van der Waals surface area contributed by atoms with E-state index >= 15 is 0 Å². The van der Waals surface area contributed by atoms with Gasteiger partial charge in [-0.1, -0.05) is 11.6 Å². The molecule has 0 aliphatic rings. The van der Waals surface area contributed by atoms with Crippen molar-refractivity contribution in [1.29, 1.82) is 0 Å². The third-order valence-electron chi connectivity index (χ3n) is 3.65. The molecule has 0 spiro atoms. The van der Waals surface area contributed by atoms with E-state index in [1.807, 2.05) is 0 Å². The number of benzene rings is 2. The maximum Gasteiger partial charge on any atom is 0.323 e. The zero-order chi connectivity index (χ0) is 18.8. The summed E-state index contributed by atoms with van der Waals surface area (Å²) in [5.74, 6) is -0.891. The molecule has 8 heteroatoms. The van der Waals surface area contributed by atoms with Gasteiger partial charge in [0.15, 0.2) is 0 Å². The Kier molecular flexibility index (Phi) is 4.90. The summed E-state index contributed by atoms with van der Waals surface area (Å²) >= 11 is 6.01. The average Bonchev–Trinajstić information content (AvgIpc) is 2.58. The highest BCUT2D eigenvalue weighted by Crippen LogP contribution is 2.29. The molecule has 1 heterocycles. The molecule has 2 N–H and O–H groups in total. The van der Waals surface area contributed by atoms with Crippen LogP contribution in [0.4, 0.5) is 25.0 Å². The molecule has 3 rings (SSSR count). The Morgan fingerprint density at radius 3 is 2.54 bits per heavy atom. The van der Waals surface area contributed by atoms with Crippen molar-refractivity contribution in [2.75, 3.05) is 17.7 Å². The number of amides is 2. The van der Waals surface area contributed by atoms with Crippen molar-refractivity contribution in [2.24, 2.45) is 0 Å². The first-order chi connectivity index (χ1) is 12.4. The number of nitrogens with zero attached hydrogens (tertiary/aromatic N) is 1. The minimum absolute atomic E-state index is 0.0986. The van der Waals surface area contributed by atoms with Gasteiger partial charge in [-0.3, -0.25) is 0 Å². The number of carbonyl (C=O) groups is 1. The van der Waals surface area contributed by atoms with Crippen LogP contribution in [0, 0.1) is 18.6 Å². The van der Waals surface area contributed by atoms with Crippen molar-refractivity contribution < 1.29 is 18.3 Å². The van der Waals surface area contributed by atoms with Crippen molar-refractivity contribution in [3.63, 3.8) is 0 Å². The maximum atomic E-state index is 14.2. The lowest BCUT2D eigenvalue weighted by molar-refractivity contribution is 0.262. The van der Waals surface area contributed by atoms with Crippen molar-refractivity contribution in [2.45, 2.75) is 6.92 Å². The molecule has 0 saturated carbocycles. The van der Waals surface area contributed by atoms with E-state index in [1.54, 1.807) is 19.1 Å². The smallest absolute Gasteiger partial charge is 0.323 e. The molecule has 3 aromatic rings. The number of carbonyl (C=O) groups excluding carboxylic acids is 1. The van der Waals surface area contributed by atoms with Gasteiger partial charge < -0.3 is 15.4 Å². The number of ether oxygens (including phenoxy) is 1. The van der Waals surface area contributed by atoms with Crippen LogP contribution in [0.1, 0.15) is 5.69 Å². The van der Waals surface area contributed by atoms with Gasteiger partial charge in [-0.25, -0.2) is 18.6 Å². The molecule has 2 amide bonds. The van der Waals surface area contributed by atoms with Crippen LogP contribution in [-0.2, 0) is 0 Å². The van der Waals surface area contributed by atoms with E-state index in [-0.39, 0.29) is 16.6 Å². The number of rotatable bonds is 3. The molecule has 0 atom stereocenters. The molecule has 0 radical (unpaired) electrons.